The summed E-state index contributed by atoms with van der Waals surface area (Å²) in [5.41, 5.74) is 0. The van der Waals surface area contributed by atoms with Crippen LogP contribution in [0, 0.1) is 4.91 Å². The summed E-state index contributed by atoms with van der Waals surface area (Å²) >= 11 is 3.24. The van der Waals surface area contributed by atoms with E-state index in [9.17, 15) is 0 Å². The Kier molecular flexibility index (Phi) is 15.3. The molecule has 0 radical (unpaired) electrons. The first-order chi connectivity index (χ1) is 20.3. The third-order valence-electron chi connectivity index (χ3n) is 6.09. The number of nitrogens with zero attached hydrogens (tertiary/aromatic N) is 1. The van der Waals surface area contributed by atoms with Crippen molar-refractivity contribution in [2.45, 2.75) is 0 Å². The number of hydrogen-bond acceptors (Lipinski definition) is 2. The first kappa shape index (κ1) is 33.5. The van der Waals surface area contributed by atoms with Gasteiger partial charge in [-0.2, -0.15) is 0 Å². The monoisotopic (exact) mass is 739 g/mol. The summed E-state index contributed by atoms with van der Waals surface area (Å²) in [4.78, 5) is 8.39. The zero-order chi connectivity index (χ0) is 28.5. The fraction of sp³-hybridized carbons (Fsp3) is 0. The van der Waals surface area contributed by atoms with E-state index in [1.54, 1.807) is 0 Å². The van der Waals surface area contributed by atoms with Gasteiger partial charge < -0.3 is 24.0 Å². The van der Waals surface area contributed by atoms with Crippen molar-refractivity contribution in [3.63, 3.8) is 0 Å². The average molecular weight is 740 g/mol. The van der Waals surface area contributed by atoms with Crippen LogP contribution in [0.2, 0.25) is 0 Å². The predicted molar refractivity (Wildman–Crippen MR) is 176 cm³/mol. The van der Waals surface area contributed by atoms with Crippen molar-refractivity contribution in [2.75, 3.05) is 0 Å². The molecule has 0 aliphatic heterocycles. The molecule has 212 valence electrons. The molecule has 6 aromatic carbocycles. The van der Waals surface area contributed by atoms with Crippen LogP contribution in [-0.2, 0) is 15.7 Å². The van der Waals surface area contributed by atoms with Gasteiger partial charge in [-0.15, -0.1) is 0 Å². The Balaban J connectivity index is 0.000000207. The van der Waals surface area contributed by atoms with Crippen LogP contribution in [0.3, 0.4) is 0 Å². The average Bonchev–Trinajstić information content (AvgIpc) is 3.05. The van der Waals surface area contributed by atoms with Gasteiger partial charge >= 0.3 is 24.8 Å². The van der Waals surface area contributed by atoms with E-state index < -0.39 is 15.8 Å². The van der Waals surface area contributed by atoms with Crippen LogP contribution < -0.4 is 55.8 Å². The Morgan fingerprint density at radius 1 is 0.333 bits per heavy atom. The Hall–Kier alpha value is -3.00. The quantitative estimate of drug-likeness (QED) is 0.110. The van der Waals surface area contributed by atoms with Crippen LogP contribution in [0.15, 0.2) is 186 Å². The van der Waals surface area contributed by atoms with Gasteiger partial charge in [-0.3, -0.25) is 0 Å². The minimum Gasteiger partial charge on any atom is -1.00 e. The number of rotatable bonds is 6. The number of nitroso groups, excluding NO2 is 1. The van der Waals surface area contributed by atoms with Gasteiger partial charge in [-0.25, -0.2) is 0 Å². The van der Waals surface area contributed by atoms with Crippen LogP contribution in [-0.4, -0.2) is 0 Å². The topological polar surface area (TPSA) is 29.4 Å². The maximum atomic E-state index is 8.39. The maximum Gasteiger partial charge on any atom is -0.0134 e. The SMILES string of the molecule is O=[N][Ni+].[I-].c1ccc(P(c2ccccc2)c2ccccc2)cc1.c1ccc(P(c2ccccc2)c2ccccc2)cc1. The minimum absolute atomic E-state index is 0. The van der Waals surface area contributed by atoms with E-state index in [0.29, 0.717) is 0 Å². The first-order valence-electron chi connectivity index (χ1n) is 13.1. The molecule has 0 saturated carbocycles. The van der Waals surface area contributed by atoms with Crippen LogP contribution in [0.25, 0.3) is 0 Å². The molecule has 0 atom stereocenters. The predicted octanol–water partition coefficient (Wildman–Crippen LogP) is 4.11. The van der Waals surface area contributed by atoms with Crippen molar-refractivity contribution in [3.05, 3.63) is 187 Å². The van der Waals surface area contributed by atoms with Crippen molar-refractivity contribution in [2.24, 2.45) is 4.26 Å². The summed E-state index contributed by atoms with van der Waals surface area (Å²) in [7, 11) is -0.892. The molecule has 0 bridgehead atoms. The molecular formula is C36H30INNiOP2. The van der Waals surface area contributed by atoms with E-state index in [4.69, 9.17) is 4.91 Å². The van der Waals surface area contributed by atoms with Gasteiger partial charge in [0.15, 0.2) is 0 Å². The summed E-state index contributed by atoms with van der Waals surface area (Å²) in [5.74, 6) is 0. The van der Waals surface area contributed by atoms with Gasteiger partial charge in [-0.05, 0) is 47.7 Å². The zero-order valence-corrected chi connectivity index (χ0v) is 27.7. The molecule has 6 heteroatoms. The number of benzene rings is 6. The molecule has 42 heavy (non-hydrogen) atoms. The second-order valence-electron chi connectivity index (χ2n) is 8.74. The Labute approximate surface area is 276 Å². The molecule has 0 aliphatic carbocycles. The number of hydrogen-bond donors (Lipinski definition) is 0. The molecule has 0 aliphatic rings. The van der Waals surface area contributed by atoms with Crippen LogP contribution in [0.4, 0.5) is 0 Å². The molecule has 0 aromatic heterocycles. The van der Waals surface area contributed by atoms with Crippen LogP contribution >= 0.6 is 15.8 Å². The summed E-state index contributed by atoms with van der Waals surface area (Å²) in [6, 6.07) is 64.7. The third-order valence-corrected chi connectivity index (χ3v) is 11.0. The normalized spacial score (nSPS) is 9.90. The second kappa shape index (κ2) is 19.2. The maximum absolute atomic E-state index is 8.39. The Bertz CT molecular complexity index is 1240. The summed E-state index contributed by atoms with van der Waals surface area (Å²) < 4.78 is 1.88. The molecule has 0 amide bonds. The van der Waals surface area contributed by atoms with Gasteiger partial charge in [0.1, 0.15) is 0 Å². The molecule has 0 N–H and O–H groups in total. The smallest absolute Gasteiger partial charge is 0.0134 e. The van der Waals surface area contributed by atoms with E-state index in [1.807, 2.05) is 4.26 Å². The zero-order valence-electron chi connectivity index (χ0n) is 22.8. The van der Waals surface area contributed by atoms with Gasteiger partial charge in [0, 0.05) is 0 Å². The third kappa shape index (κ3) is 10.1. The van der Waals surface area contributed by atoms with Gasteiger partial charge in [0.2, 0.25) is 0 Å². The second-order valence-corrected chi connectivity index (χ2v) is 13.4. The summed E-state index contributed by atoms with van der Waals surface area (Å²) in [5, 5.41) is 8.39. The molecule has 0 unspecified atom stereocenters. The van der Waals surface area contributed by atoms with E-state index in [2.05, 4.69) is 198 Å². The number of halogens is 1. The van der Waals surface area contributed by atoms with Crippen LogP contribution in [0.1, 0.15) is 0 Å². The van der Waals surface area contributed by atoms with Gasteiger partial charge in [0.25, 0.3) is 0 Å². The van der Waals surface area contributed by atoms with Crippen LogP contribution in [0.5, 0.6) is 0 Å². The molecule has 0 spiro atoms. The summed E-state index contributed by atoms with van der Waals surface area (Å²) in [6.45, 7) is 0. The Morgan fingerprint density at radius 2 is 0.452 bits per heavy atom. The van der Waals surface area contributed by atoms with Gasteiger partial charge in [-0.1, -0.05) is 182 Å². The molecule has 2 nitrogen and oxygen atoms in total. The van der Waals surface area contributed by atoms with Crippen molar-refractivity contribution in [1.29, 1.82) is 0 Å². The molecule has 0 fully saturated rings. The van der Waals surface area contributed by atoms with Crippen molar-refractivity contribution < 1.29 is 39.7 Å². The van der Waals surface area contributed by atoms with E-state index in [-0.39, 0.29) is 24.0 Å². The fourth-order valence-corrected chi connectivity index (χ4v) is 8.97. The van der Waals surface area contributed by atoms with E-state index >= 15 is 0 Å². The van der Waals surface area contributed by atoms with Crippen molar-refractivity contribution >= 4 is 47.7 Å². The Morgan fingerprint density at radius 3 is 0.571 bits per heavy atom. The van der Waals surface area contributed by atoms with E-state index in [1.165, 1.54) is 31.8 Å². The molecule has 6 rings (SSSR count). The van der Waals surface area contributed by atoms with Crippen molar-refractivity contribution in [1.82, 2.24) is 0 Å². The largest absolute Gasteiger partial charge is 1.00 e. The summed E-state index contributed by atoms with van der Waals surface area (Å²) in [6.07, 6.45) is 0. The first-order valence-corrected chi connectivity index (χ1v) is 16.3. The standard InChI is InChI=1S/2C18H15P.HI.NO.Ni/c2*1-4-10-16(11-5-1)19(17-12-6-2-7-13-17)18-14-8-3-9-15-18;;1-2;/h2*1-15H;1H;;/q;;;-1;+2/p-1. The van der Waals surface area contributed by atoms with Crippen molar-refractivity contribution in [3.8, 4) is 0 Å². The molecule has 0 heterocycles. The van der Waals surface area contributed by atoms with E-state index in [0.717, 1.165) is 0 Å². The van der Waals surface area contributed by atoms with Gasteiger partial charge in [0.05, 0.1) is 0 Å². The molecule has 0 saturated heterocycles. The minimum atomic E-state index is -0.446. The fourth-order valence-electron chi connectivity index (χ4n) is 4.36. The molecule has 6 aromatic rings. The molecular weight excluding hydrogens is 710 g/mol.